The number of carbonyl (C=O) groups is 3. The van der Waals surface area contributed by atoms with Crippen LogP contribution in [0.25, 0.3) is 0 Å². The van der Waals surface area contributed by atoms with E-state index in [4.69, 9.17) is 4.74 Å². The summed E-state index contributed by atoms with van der Waals surface area (Å²) >= 11 is 0. The minimum atomic E-state index is -1.73. The van der Waals surface area contributed by atoms with Crippen LogP contribution >= 0.6 is 0 Å². The van der Waals surface area contributed by atoms with Gasteiger partial charge in [0.2, 0.25) is 0 Å². The number of rotatable bonds is 3. The first-order valence-electron chi connectivity index (χ1n) is 10.1. The van der Waals surface area contributed by atoms with Crippen LogP contribution in [0.1, 0.15) is 52.7 Å². The first kappa shape index (κ1) is 21.7. The molecule has 0 spiro atoms. The molecule has 4 heteroatoms. The van der Waals surface area contributed by atoms with Crippen molar-refractivity contribution in [3.05, 3.63) is 83.1 Å². The number of hydrogen-bond acceptors (Lipinski definition) is 4. The zero-order valence-corrected chi connectivity index (χ0v) is 18.4. The van der Waals surface area contributed by atoms with E-state index < -0.39 is 28.0 Å². The van der Waals surface area contributed by atoms with Gasteiger partial charge >= 0.3 is 5.97 Å². The van der Waals surface area contributed by atoms with Crippen molar-refractivity contribution in [3.63, 3.8) is 0 Å². The Morgan fingerprint density at radius 3 is 1.57 bits per heavy atom. The van der Waals surface area contributed by atoms with Crippen LogP contribution in [0, 0.1) is 10.8 Å². The van der Waals surface area contributed by atoms with E-state index in [2.05, 4.69) is 0 Å². The first-order valence-corrected chi connectivity index (χ1v) is 10.1. The molecule has 1 heterocycles. The van der Waals surface area contributed by atoms with Gasteiger partial charge in [-0.25, -0.2) is 4.79 Å². The van der Waals surface area contributed by atoms with Gasteiger partial charge in [-0.2, -0.15) is 0 Å². The Morgan fingerprint density at radius 2 is 1.20 bits per heavy atom. The molecule has 0 unspecified atom stereocenters. The number of Topliss-reactive ketones (excluding diaryl/α,β-unsaturated/α-hetero) is 2. The highest BCUT2D eigenvalue weighted by atomic mass is 16.5. The summed E-state index contributed by atoms with van der Waals surface area (Å²) in [5.41, 5.74) is -2.29. The predicted molar refractivity (Wildman–Crippen MR) is 116 cm³/mol. The number of esters is 1. The fourth-order valence-electron chi connectivity index (χ4n) is 3.75. The third kappa shape index (κ3) is 3.41. The minimum Gasteiger partial charge on any atom is -0.428 e. The predicted octanol–water partition coefficient (Wildman–Crippen LogP) is 5.01. The number of ether oxygens (including phenoxy) is 1. The fourth-order valence-corrected chi connectivity index (χ4v) is 3.75. The second-order valence-corrected chi connectivity index (χ2v) is 9.73. The standard InChI is InChI=1S/C26H28O4/c1-24(2,3)20(27)19-21(28)26(17-13-9-7-10-14-17,18-15-11-8-12-16-18)23(29)30-22(19)25(4,5)6/h7-16H,1-6H3. The van der Waals surface area contributed by atoms with Crippen molar-refractivity contribution in [3.8, 4) is 0 Å². The fraction of sp³-hybridized carbons (Fsp3) is 0.346. The van der Waals surface area contributed by atoms with Crippen LogP contribution < -0.4 is 0 Å². The molecule has 0 aromatic heterocycles. The quantitative estimate of drug-likeness (QED) is 0.410. The van der Waals surface area contributed by atoms with E-state index in [0.717, 1.165) is 0 Å². The van der Waals surface area contributed by atoms with Crippen LogP contribution in [0.15, 0.2) is 72.0 Å². The second-order valence-electron chi connectivity index (χ2n) is 9.73. The van der Waals surface area contributed by atoms with Gasteiger partial charge in [-0.1, -0.05) is 102 Å². The minimum absolute atomic E-state index is 0.0256. The summed E-state index contributed by atoms with van der Waals surface area (Å²) in [5, 5.41) is 0. The summed E-state index contributed by atoms with van der Waals surface area (Å²) in [6, 6.07) is 17.6. The van der Waals surface area contributed by atoms with Crippen LogP contribution in [0.4, 0.5) is 0 Å². The van der Waals surface area contributed by atoms with Gasteiger partial charge in [-0.05, 0) is 11.1 Å². The van der Waals surface area contributed by atoms with Crippen LogP contribution in [0.3, 0.4) is 0 Å². The van der Waals surface area contributed by atoms with E-state index in [1.54, 1.807) is 69.3 Å². The number of benzene rings is 2. The molecule has 0 saturated carbocycles. The normalized spacial score (nSPS) is 17.0. The summed E-state index contributed by atoms with van der Waals surface area (Å²) in [4.78, 5) is 41.3. The lowest BCUT2D eigenvalue weighted by atomic mass is 9.65. The Balaban J connectivity index is 2.42. The van der Waals surface area contributed by atoms with Crippen LogP contribution in [0.5, 0.6) is 0 Å². The zero-order chi connectivity index (χ0) is 22.3. The third-order valence-corrected chi connectivity index (χ3v) is 5.30. The number of hydrogen-bond donors (Lipinski definition) is 0. The van der Waals surface area contributed by atoms with Crippen molar-refractivity contribution in [1.82, 2.24) is 0 Å². The molecule has 30 heavy (non-hydrogen) atoms. The van der Waals surface area contributed by atoms with Crippen molar-refractivity contribution >= 4 is 17.5 Å². The van der Waals surface area contributed by atoms with Gasteiger partial charge in [0, 0.05) is 10.8 Å². The number of allylic oxidation sites excluding steroid dienone is 2. The van der Waals surface area contributed by atoms with Crippen molar-refractivity contribution in [2.75, 3.05) is 0 Å². The van der Waals surface area contributed by atoms with E-state index >= 15 is 0 Å². The summed E-state index contributed by atoms with van der Waals surface area (Å²) in [6.45, 7) is 10.8. The Hall–Kier alpha value is -3.01. The lowest BCUT2D eigenvalue weighted by Crippen LogP contribution is -2.53. The maximum absolute atomic E-state index is 14.2. The van der Waals surface area contributed by atoms with Gasteiger partial charge in [-0.15, -0.1) is 0 Å². The lowest BCUT2D eigenvalue weighted by Gasteiger charge is -2.40. The van der Waals surface area contributed by atoms with Gasteiger partial charge in [0.25, 0.3) is 0 Å². The maximum Gasteiger partial charge on any atom is 0.334 e. The molecule has 0 saturated heterocycles. The molecule has 2 aromatic rings. The molecule has 0 N–H and O–H groups in total. The van der Waals surface area contributed by atoms with Crippen molar-refractivity contribution < 1.29 is 19.1 Å². The monoisotopic (exact) mass is 404 g/mol. The van der Waals surface area contributed by atoms with E-state index in [9.17, 15) is 14.4 Å². The molecule has 0 aliphatic carbocycles. The van der Waals surface area contributed by atoms with Gasteiger partial charge in [0.05, 0.1) is 0 Å². The Kier molecular flexibility index (Phi) is 5.32. The van der Waals surface area contributed by atoms with Gasteiger partial charge in [0.15, 0.2) is 17.0 Å². The molecule has 0 bridgehead atoms. The largest absolute Gasteiger partial charge is 0.428 e. The molecule has 0 atom stereocenters. The highest BCUT2D eigenvalue weighted by Crippen LogP contribution is 2.46. The SMILES string of the molecule is CC(C)(C)C(=O)C1=C(C(C)(C)C)OC(=O)C(c2ccccc2)(c2ccccc2)C1=O. The number of ketones is 2. The van der Waals surface area contributed by atoms with Crippen LogP contribution in [0.2, 0.25) is 0 Å². The van der Waals surface area contributed by atoms with Crippen LogP contribution in [-0.4, -0.2) is 17.5 Å². The van der Waals surface area contributed by atoms with Gasteiger partial charge in [-0.3, -0.25) is 9.59 Å². The zero-order valence-electron chi connectivity index (χ0n) is 18.4. The average Bonchev–Trinajstić information content (AvgIpc) is 2.68. The highest BCUT2D eigenvalue weighted by molar-refractivity contribution is 6.33. The second kappa shape index (κ2) is 7.35. The van der Waals surface area contributed by atoms with E-state index in [1.165, 1.54) is 0 Å². The molecule has 3 rings (SSSR count). The van der Waals surface area contributed by atoms with Crippen molar-refractivity contribution in [2.45, 2.75) is 47.0 Å². The smallest absolute Gasteiger partial charge is 0.334 e. The molecule has 1 aliphatic heterocycles. The van der Waals surface area contributed by atoms with Crippen molar-refractivity contribution in [1.29, 1.82) is 0 Å². The molecule has 0 amide bonds. The Labute approximate surface area is 178 Å². The summed E-state index contributed by atoms with van der Waals surface area (Å²) in [5.74, 6) is -1.40. The molecule has 0 radical (unpaired) electrons. The average molecular weight is 405 g/mol. The summed E-state index contributed by atoms with van der Waals surface area (Å²) in [7, 11) is 0. The first-order chi connectivity index (χ1) is 13.9. The molecule has 0 fully saturated rings. The molecule has 4 nitrogen and oxygen atoms in total. The van der Waals surface area contributed by atoms with Gasteiger partial charge < -0.3 is 4.74 Å². The maximum atomic E-state index is 14.2. The lowest BCUT2D eigenvalue weighted by molar-refractivity contribution is -0.153. The third-order valence-electron chi connectivity index (χ3n) is 5.30. The summed E-state index contributed by atoms with van der Waals surface area (Å²) in [6.07, 6.45) is 0. The molecule has 156 valence electrons. The molecular formula is C26H28O4. The molecule has 2 aromatic carbocycles. The highest BCUT2D eigenvalue weighted by Gasteiger charge is 2.58. The van der Waals surface area contributed by atoms with E-state index in [0.29, 0.717) is 11.1 Å². The van der Waals surface area contributed by atoms with Gasteiger partial charge in [0.1, 0.15) is 11.3 Å². The topological polar surface area (TPSA) is 60.4 Å². The van der Waals surface area contributed by atoms with E-state index in [-0.39, 0.29) is 17.1 Å². The van der Waals surface area contributed by atoms with Crippen molar-refractivity contribution in [2.24, 2.45) is 10.8 Å². The Morgan fingerprint density at radius 1 is 0.767 bits per heavy atom. The molecular weight excluding hydrogens is 376 g/mol. The van der Waals surface area contributed by atoms with E-state index in [1.807, 2.05) is 32.9 Å². The summed E-state index contributed by atoms with van der Waals surface area (Å²) < 4.78 is 5.87. The van der Waals surface area contributed by atoms with Crippen LogP contribution in [-0.2, 0) is 24.5 Å². The molecule has 1 aliphatic rings. The number of cyclic esters (lactones) is 1. The Bertz CT molecular complexity index is 977. The number of carbonyl (C=O) groups excluding carboxylic acids is 3.